The van der Waals surface area contributed by atoms with E-state index in [0.29, 0.717) is 10.9 Å². The highest BCUT2D eigenvalue weighted by molar-refractivity contribution is 9.10. The Hall–Kier alpha value is -0.900. The quantitative estimate of drug-likeness (QED) is 0.911. The molecule has 0 heterocycles. The average Bonchev–Trinajstić information content (AvgIpc) is 2.84. The van der Waals surface area contributed by atoms with E-state index in [4.69, 9.17) is 0 Å². The predicted octanol–water partition coefficient (Wildman–Crippen LogP) is 4.02. The van der Waals surface area contributed by atoms with Crippen LogP contribution in [0.4, 0.5) is 4.39 Å². The first-order chi connectivity index (χ1) is 8.59. The Morgan fingerprint density at radius 3 is 2.72 bits per heavy atom. The van der Waals surface area contributed by atoms with E-state index in [1.165, 1.54) is 6.07 Å². The molecule has 1 N–H and O–H groups in total. The van der Waals surface area contributed by atoms with Crippen LogP contribution >= 0.6 is 15.9 Å². The molecule has 18 heavy (non-hydrogen) atoms. The number of benzene rings is 1. The fourth-order valence-electron chi connectivity index (χ4n) is 2.76. The largest absolute Gasteiger partial charge is 0.481 e. The monoisotopic (exact) mass is 314 g/mol. The van der Waals surface area contributed by atoms with Crippen molar-refractivity contribution in [2.75, 3.05) is 0 Å². The van der Waals surface area contributed by atoms with E-state index in [-0.39, 0.29) is 11.7 Å². The fourth-order valence-corrected chi connectivity index (χ4v) is 3.18. The highest BCUT2D eigenvalue weighted by Gasteiger charge is 2.31. The molecule has 1 fully saturated rings. The molecule has 4 heteroatoms. The molecule has 1 unspecified atom stereocenters. The van der Waals surface area contributed by atoms with Gasteiger partial charge in [0.15, 0.2) is 0 Å². The van der Waals surface area contributed by atoms with Crippen LogP contribution in [0.1, 0.15) is 31.2 Å². The maximum atomic E-state index is 13.4. The summed E-state index contributed by atoms with van der Waals surface area (Å²) in [5.41, 5.74) is 0.745. The molecule has 1 atom stereocenters. The Morgan fingerprint density at radius 2 is 2.11 bits per heavy atom. The zero-order valence-electron chi connectivity index (χ0n) is 10.0. The lowest BCUT2D eigenvalue weighted by Crippen LogP contribution is -2.24. The van der Waals surface area contributed by atoms with E-state index in [9.17, 15) is 14.3 Å². The second-order valence-electron chi connectivity index (χ2n) is 4.91. The highest BCUT2D eigenvalue weighted by Crippen LogP contribution is 2.35. The third kappa shape index (κ3) is 2.91. The van der Waals surface area contributed by atoms with Gasteiger partial charge in [0.1, 0.15) is 5.82 Å². The average molecular weight is 315 g/mol. The van der Waals surface area contributed by atoms with Gasteiger partial charge in [-0.1, -0.05) is 25.0 Å². The van der Waals surface area contributed by atoms with Crippen molar-refractivity contribution in [2.45, 2.75) is 32.1 Å². The Morgan fingerprint density at radius 1 is 1.44 bits per heavy atom. The molecular weight excluding hydrogens is 299 g/mol. The van der Waals surface area contributed by atoms with Crippen molar-refractivity contribution >= 4 is 21.9 Å². The van der Waals surface area contributed by atoms with Gasteiger partial charge in [0.2, 0.25) is 0 Å². The first kappa shape index (κ1) is 13.5. The van der Waals surface area contributed by atoms with E-state index in [1.54, 1.807) is 12.1 Å². The third-order valence-corrected chi connectivity index (χ3v) is 4.65. The summed E-state index contributed by atoms with van der Waals surface area (Å²) in [6, 6.07) is 4.79. The number of carboxylic acid groups (broad SMARTS) is 1. The van der Waals surface area contributed by atoms with Crippen LogP contribution in [0.2, 0.25) is 0 Å². The summed E-state index contributed by atoms with van der Waals surface area (Å²) in [4.78, 5) is 11.4. The molecular formula is C14H16BrFO2. The standard InChI is InChI=1S/C14H16BrFO2/c15-13-10(6-3-7-12(13)16)8-11(14(17)18)9-4-1-2-5-9/h3,6-7,9,11H,1-2,4-5,8H2,(H,17,18). The summed E-state index contributed by atoms with van der Waals surface area (Å²) < 4.78 is 13.8. The van der Waals surface area contributed by atoms with Gasteiger partial charge in [0, 0.05) is 0 Å². The number of halogens is 2. The molecule has 0 amide bonds. The molecule has 0 spiro atoms. The van der Waals surface area contributed by atoms with Gasteiger partial charge in [-0.15, -0.1) is 0 Å². The van der Waals surface area contributed by atoms with Crippen molar-refractivity contribution < 1.29 is 14.3 Å². The maximum Gasteiger partial charge on any atom is 0.307 e. The maximum absolute atomic E-state index is 13.4. The molecule has 2 rings (SSSR count). The molecule has 0 saturated heterocycles. The smallest absolute Gasteiger partial charge is 0.307 e. The summed E-state index contributed by atoms with van der Waals surface area (Å²) in [5, 5.41) is 9.35. The van der Waals surface area contributed by atoms with Crippen LogP contribution in [0.3, 0.4) is 0 Å². The summed E-state index contributed by atoms with van der Waals surface area (Å²) in [5.74, 6) is -1.26. The topological polar surface area (TPSA) is 37.3 Å². The van der Waals surface area contributed by atoms with Gasteiger partial charge < -0.3 is 5.11 Å². The van der Waals surface area contributed by atoms with Crippen LogP contribution in [0.15, 0.2) is 22.7 Å². The lowest BCUT2D eigenvalue weighted by molar-refractivity contribution is -0.143. The number of hydrogen-bond acceptors (Lipinski definition) is 1. The van der Waals surface area contributed by atoms with Crippen molar-refractivity contribution in [3.05, 3.63) is 34.1 Å². The van der Waals surface area contributed by atoms with Crippen LogP contribution in [0, 0.1) is 17.7 Å². The van der Waals surface area contributed by atoms with Crippen LogP contribution in [0.5, 0.6) is 0 Å². The molecule has 2 nitrogen and oxygen atoms in total. The summed E-state index contributed by atoms with van der Waals surface area (Å²) >= 11 is 3.20. The lowest BCUT2D eigenvalue weighted by atomic mass is 9.86. The van der Waals surface area contributed by atoms with Gasteiger partial charge in [-0.3, -0.25) is 4.79 Å². The zero-order valence-corrected chi connectivity index (χ0v) is 11.6. The fraction of sp³-hybridized carbons (Fsp3) is 0.500. The van der Waals surface area contributed by atoms with E-state index in [0.717, 1.165) is 31.2 Å². The SMILES string of the molecule is O=C(O)C(Cc1cccc(F)c1Br)C1CCCC1. The van der Waals surface area contributed by atoms with Crippen molar-refractivity contribution in [1.82, 2.24) is 0 Å². The number of hydrogen-bond donors (Lipinski definition) is 1. The molecule has 0 aliphatic heterocycles. The van der Waals surface area contributed by atoms with Gasteiger partial charge in [-0.2, -0.15) is 0 Å². The zero-order chi connectivity index (χ0) is 13.1. The molecule has 0 bridgehead atoms. The molecule has 98 valence electrons. The van der Waals surface area contributed by atoms with Gasteiger partial charge in [0.05, 0.1) is 10.4 Å². The second-order valence-corrected chi connectivity index (χ2v) is 5.70. The summed E-state index contributed by atoms with van der Waals surface area (Å²) in [6.07, 6.45) is 4.57. The molecule has 1 aromatic carbocycles. The van der Waals surface area contributed by atoms with Gasteiger partial charge >= 0.3 is 5.97 Å². The van der Waals surface area contributed by atoms with Gasteiger partial charge in [-0.05, 0) is 52.7 Å². The minimum Gasteiger partial charge on any atom is -0.481 e. The molecule has 0 aromatic heterocycles. The minimum absolute atomic E-state index is 0.234. The molecule has 1 aliphatic rings. The highest BCUT2D eigenvalue weighted by atomic mass is 79.9. The van der Waals surface area contributed by atoms with Crippen LogP contribution in [-0.2, 0) is 11.2 Å². The van der Waals surface area contributed by atoms with E-state index < -0.39 is 11.9 Å². The van der Waals surface area contributed by atoms with Crippen LogP contribution < -0.4 is 0 Å². The normalized spacial score (nSPS) is 17.9. The van der Waals surface area contributed by atoms with Gasteiger partial charge in [-0.25, -0.2) is 4.39 Å². The van der Waals surface area contributed by atoms with Crippen molar-refractivity contribution in [1.29, 1.82) is 0 Å². The Kier molecular flexibility index (Phi) is 4.38. The Labute approximate surface area is 114 Å². The molecule has 1 aromatic rings. The number of aliphatic carboxylic acids is 1. The third-order valence-electron chi connectivity index (χ3n) is 3.76. The van der Waals surface area contributed by atoms with E-state index in [1.807, 2.05) is 0 Å². The van der Waals surface area contributed by atoms with E-state index >= 15 is 0 Å². The first-order valence-corrected chi connectivity index (χ1v) is 7.04. The Bertz CT molecular complexity index is 441. The van der Waals surface area contributed by atoms with Gasteiger partial charge in [0.25, 0.3) is 0 Å². The number of rotatable bonds is 4. The minimum atomic E-state index is -0.766. The molecule has 1 aliphatic carbocycles. The molecule has 0 radical (unpaired) electrons. The number of carbonyl (C=O) groups is 1. The van der Waals surface area contributed by atoms with Crippen LogP contribution in [-0.4, -0.2) is 11.1 Å². The van der Waals surface area contributed by atoms with E-state index in [2.05, 4.69) is 15.9 Å². The number of carboxylic acids is 1. The predicted molar refractivity (Wildman–Crippen MR) is 70.9 cm³/mol. The first-order valence-electron chi connectivity index (χ1n) is 6.25. The summed E-state index contributed by atoms with van der Waals surface area (Å²) in [7, 11) is 0. The lowest BCUT2D eigenvalue weighted by Gasteiger charge is -2.19. The molecule has 1 saturated carbocycles. The van der Waals surface area contributed by atoms with Crippen LogP contribution in [0.25, 0.3) is 0 Å². The van der Waals surface area contributed by atoms with Crippen molar-refractivity contribution in [3.8, 4) is 0 Å². The van der Waals surface area contributed by atoms with Crippen molar-refractivity contribution in [3.63, 3.8) is 0 Å². The Balaban J connectivity index is 2.18. The van der Waals surface area contributed by atoms with Crippen molar-refractivity contribution in [2.24, 2.45) is 11.8 Å². The summed E-state index contributed by atoms with van der Waals surface area (Å²) in [6.45, 7) is 0. The second kappa shape index (κ2) is 5.83.